The number of hydrogen-bond acceptors (Lipinski definition) is 2. The summed E-state index contributed by atoms with van der Waals surface area (Å²) < 4.78 is 6.05. The third-order valence-electron chi connectivity index (χ3n) is 3.55. The molecule has 0 fully saturated rings. The molecule has 3 rings (SSSR count). The molecule has 0 unspecified atom stereocenters. The molecule has 0 spiro atoms. The van der Waals surface area contributed by atoms with Gasteiger partial charge in [0.05, 0.1) is 5.02 Å². The van der Waals surface area contributed by atoms with Gasteiger partial charge in [0.2, 0.25) is 0 Å². The van der Waals surface area contributed by atoms with E-state index in [4.69, 9.17) is 33.7 Å². The van der Waals surface area contributed by atoms with Crippen molar-refractivity contribution in [2.24, 2.45) is 5.73 Å². The van der Waals surface area contributed by atoms with Crippen molar-refractivity contribution in [1.82, 2.24) is 0 Å². The Morgan fingerprint density at radius 2 is 1.90 bits per heavy atom. The fourth-order valence-corrected chi connectivity index (χ4v) is 3.09. The van der Waals surface area contributed by atoms with E-state index < -0.39 is 0 Å². The van der Waals surface area contributed by atoms with Gasteiger partial charge in [-0.15, -0.1) is 0 Å². The van der Waals surface area contributed by atoms with Crippen LogP contribution in [0, 0.1) is 0 Å². The number of halogens is 2. The van der Waals surface area contributed by atoms with Gasteiger partial charge < -0.3 is 10.5 Å². The van der Waals surface area contributed by atoms with E-state index in [1.807, 2.05) is 36.4 Å². The van der Waals surface area contributed by atoms with Crippen LogP contribution in [0.2, 0.25) is 10.0 Å². The average Bonchev–Trinajstić information content (AvgIpc) is 2.83. The summed E-state index contributed by atoms with van der Waals surface area (Å²) in [5.41, 5.74) is 8.58. The summed E-state index contributed by atoms with van der Waals surface area (Å²) in [4.78, 5) is 0. The fourth-order valence-electron chi connectivity index (χ4n) is 2.61. The monoisotopic (exact) mass is 307 g/mol. The smallest absolute Gasteiger partial charge is 0.132 e. The second-order valence-electron chi connectivity index (χ2n) is 4.91. The second-order valence-corrected chi connectivity index (χ2v) is 5.73. The Hall–Kier alpha value is -1.22. The predicted molar refractivity (Wildman–Crippen MR) is 83.7 cm³/mol. The zero-order valence-corrected chi connectivity index (χ0v) is 12.4. The quantitative estimate of drug-likeness (QED) is 0.917. The maximum Gasteiger partial charge on any atom is 0.132 e. The average molecular weight is 308 g/mol. The van der Waals surface area contributed by atoms with E-state index in [0.29, 0.717) is 16.6 Å². The third-order valence-corrected chi connectivity index (χ3v) is 4.20. The van der Waals surface area contributed by atoms with Gasteiger partial charge in [-0.05, 0) is 30.7 Å². The lowest BCUT2D eigenvalue weighted by atomic mass is 10.00. The molecule has 1 aliphatic rings. The molecule has 4 heteroatoms. The number of nitrogens with two attached hydrogens (primary N) is 1. The number of benzene rings is 2. The molecular weight excluding hydrogens is 293 g/mol. The van der Waals surface area contributed by atoms with Crippen LogP contribution in [0.1, 0.15) is 12.0 Å². The highest BCUT2D eigenvalue weighted by atomic mass is 35.5. The molecule has 2 nitrogen and oxygen atoms in total. The first kappa shape index (κ1) is 13.7. The number of rotatable bonds is 3. The Bertz CT molecular complexity index is 642. The van der Waals surface area contributed by atoms with Crippen molar-refractivity contribution in [2.75, 3.05) is 6.54 Å². The molecule has 104 valence electrons. The fraction of sp³-hybridized carbons (Fsp3) is 0.250. The molecule has 1 atom stereocenters. The Morgan fingerprint density at radius 1 is 1.10 bits per heavy atom. The van der Waals surface area contributed by atoms with Gasteiger partial charge in [0.15, 0.2) is 0 Å². The lowest BCUT2D eigenvalue weighted by Gasteiger charge is -2.14. The van der Waals surface area contributed by atoms with Gasteiger partial charge in [-0.2, -0.15) is 0 Å². The van der Waals surface area contributed by atoms with Crippen LogP contribution in [-0.4, -0.2) is 12.6 Å². The molecule has 1 heterocycles. The van der Waals surface area contributed by atoms with E-state index in [0.717, 1.165) is 29.7 Å². The molecule has 2 aromatic carbocycles. The first-order chi connectivity index (χ1) is 9.70. The van der Waals surface area contributed by atoms with Crippen molar-refractivity contribution < 1.29 is 4.74 Å². The van der Waals surface area contributed by atoms with Crippen LogP contribution >= 0.6 is 23.2 Å². The normalized spacial score (nSPS) is 16.9. The lowest BCUT2D eigenvalue weighted by molar-refractivity contribution is 0.225. The van der Waals surface area contributed by atoms with Gasteiger partial charge >= 0.3 is 0 Å². The first-order valence-electron chi connectivity index (χ1n) is 6.63. The number of ether oxygens (including phenoxy) is 1. The van der Waals surface area contributed by atoms with Gasteiger partial charge in [-0.3, -0.25) is 0 Å². The molecule has 0 saturated carbocycles. The molecule has 0 aliphatic carbocycles. The zero-order valence-electron chi connectivity index (χ0n) is 10.9. The first-order valence-corrected chi connectivity index (χ1v) is 7.39. The predicted octanol–water partition coefficient (Wildman–Crippen LogP) is 4.31. The Kier molecular flexibility index (Phi) is 3.88. The minimum Gasteiger partial charge on any atom is -0.489 e. The van der Waals surface area contributed by atoms with Gasteiger partial charge in [0.25, 0.3) is 0 Å². The van der Waals surface area contributed by atoms with E-state index in [1.165, 1.54) is 5.56 Å². The van der Waals surface area contributed by atoms with Crippen molar-refractivity contribution in [2.45, 2.75) is 18.9 Å². The van der Waals surface area contributed by atoms with Gasteiger partial charge in [0, 0.05) is 22.6 Å². The molecule has 2 N–H and O–H groups in total. The molecule has 0 amide bonds. The summed E-state index contributed by atoms with van der Waals surface area (Å²) in [6.07, 6.45) is 1.85. The molecule has 2 aromatic rings. The molecule has 0 radical (unpaired) electrons. The van der Waals surface area contributed by atoms with Crippen LogP contribution in [0.15, 0.2) is 36.4 Å². The minimum atomic E-state index is 0.134. The summed E-state index contributed by atoms with van der Waals surface area (Å²) in [7, 11) is 0. The Balaban J connectivity index is 2.10. The Morgan fingerprint density at radius 3 is 2.65 bits per heavy atom. The zero-order chi connectivity index (χ0) is 14.1. The van der Waals surface area contributed by atoms with Gasteiger partial charge in [0.1, 0.15) is 11.9 Å². The van der Waals surface area contributed by atoms with Crippen LogP contribution in [-0.2, 0) is 6.42 Å². The second kappa shape index (κ2) is 5.65. The van der Waals surface area contributed by atoms with Crippen LogP contribution in [0.4, 0.5) is 0 Å². The van der Waals surface area contributed by atoms with Crippen LogP contribution < -0.4 is 10.5 Å². The van der Waals surface area contributed by atoms with Crippen molar-refractivity contribution in [1.29, 1.82) is 0 Å². The van der Waals surface area contributed by atoms with Crippen LogP contribution in [0.3, 0.4) is 0 Å². The van der Waals surface area contributed by atoms with Gasteiger partial charge in [-0.1, -0.05) is 47.5 Å². The molecule has 0 saturated heterocycles. The largest absolute Gasteiger partial charge is 0.489 e. The highest BCUT2D eigenvalue weighted by Gasteiger charge is 2.27. The van der Waals surface area contributed by atoms with E-state index in [-0.39, 0.29) is 6.10 Å². The van der Waals surface area contributed by atoms with Crippen molar-refractivity contribution in [3.8, 4) is 16.9 Å². The standard InChI is InChI=1S/C16H15Cl2NO/c17-13-4-2-1-3-12(13)15-14(18)6-5-10-9-11(7-8-19)20-16(10)15/h1-6,11H,7-9,19H2/t11-/m1/s1. The van der Waals surface area contributed by atoms with Gasteiger partial charge in [-0.25, -0.2) is 0 Å². The SMILES string of the molecule is NCC[C@@H]1Cc2ccc(Cl)c(-c3ccccc3Cl)c2O1. The minimum absolute atomic E-state index is 0.134. The van der Waals surface area contributed by atoms with E-state index in [9.17, 15) is 0 Å². The summed E-state index contributed by atoms with van der Waals surface area (Å²) in [6.45, 7) is 0.619. The lowest BCUT2D eigenvalue weighted by Crippen LogP contribution is -2.17. The highest BCUT2D eigenvalue weighted by Crippen LogP contribution is 2.45. The molecule has 0 bridgehead atoms. The molecular formula is C16H15Cl2NO. The maximum absolute atomic E-state index is 6.38. The summed E-state index contributed by atoms with van der Waals surface area (Å²) in [5.74, 6) is 0.851. The summed E-state index contributed by atoms with van der Waals surface area (Å²) >= 11 is 12.7. The van der Waals surface area contributed by atoms with Crippen molar-refractivity contribution >= 4 is 23.2 Å². The van der Waals surface area contributed by atoms with Crippen molar-refractivity contribution in [3.63, 3.8) is 0 Å². The topological polar surface area (TPSA) is 35.2 Å². The number of hydrogen-bond donors (Lipinski definition) is 1. The number of fused-ring (bicyclic) bond motifs is 1. The third kappa shape index (κ3) is 2.39. The van der Waals surface area contributed by atoms with E-state index in [2.05, 4.69) is 0 Å². The molecule has 0 aromatic heterocycles. The summed E-state index contributed by atoms with van der Waals surface area (Å²) in [5, 5.41) is 1.33. The van der Waals surface area contributed by atoms with Crippen LogP contribution in [0.5, 0.6) is 5.75 Å². The highest BCUT2D eigenvalue weighted by molar-refractivity contribution is 6.36. The van der Waals surface area contributed by atoms with Crippen molar-refractivity contribution in [3.05, 3.63) is 52.0 Å². The Labute approximate surface area is 128 Å². The molecule has 20 heavy (non-hydrogen) atoms. The maximum atomic E-state index is 6.38. The van der Waals surface area contributed by atoms with E-state index in [1.54, 1.807) is 0 Å². The van der Waals surface area contributed by atoms with E-state index >= 15 is 0 Å². The summed E-state index contributed by atoms with van der Waals surface area (Å²) in [6, 6.07) is 11.6. The molecule has 1 aliphatic heterocycles. The van der Waals surface area contributed by atoms with Crippen LogP contribution in [0.25, 0.3) is 11.1 Å².